The molecule has 0 atom stereocenters. The van der Waals surface area contributed by atoms with Gasteiger partial charge in [0.05, 0.1) is 11.6 Å². The summed E-state index contributed by atoms with van der Waals surface area (Å²) in [4.78, 5) is 28.0. The third-order valence-electron chi connectivity index (χ3n) is 5.26. The lowest BCUT2D eigenvalue weighted by molar-refractivity contribution is -0.129. The summed E-state index contributed by atoms with van der Waals surface area (Å²) in [6.45, 7) is 3.86. The highest BCUT2D eigenvalue weighted by Crippen LogP contribution is 2.38. The molecule has 178 valence electrons. The number of carbonyl (C=O) groups is 2. The van der Waals surface area contributed by atoms with Crippen LogP contribution in [0.15, 0.2) is 75.8 Å². The van der Waals surface area contributed by atoms with Gasteiger partial charge in [-0.05, 0) is 82.0 Å². The molecule has 4 rings (SSSR count). The van der Waals surface area contributed by atoms with Gasteiger partial charge in [-0.15, -0.1) is 0 Å². The number of cyclic esters (lactones) is 1. The second kappa shape index (κ2) is 10.6. The Balaban J connectivity index is 1.56. The summed E-state index contributed by atoms with van der Waals surface area (Å²) >= 11 is 3.55. The van der Waals surface area contributed by atoms with Gasteiger partial charge in [-0.3, -0.25) is 4.79 Å². The number of hydrogen-bond donors (Lipinski definition) is 1. The number of aryl methyl sites for hydroxylation is 1. The maximum atomic E-state index is 12.4. The molecule has 0 saturated heterocycles. The van der Waals surface area contributed by atoms with Crippen molar-refractivity contribution in [1.82, 2.24) is 0 Å². The number of benzene rings is 3. The Bertz CT molecular complexity index is 1350. The lowest BCUT2D eigenvalue weighted by Crippen LogP contribution is -2.07. The van der Waals surface area contributed by atoms with Gasteiger partial charge in [0.2, 0.25) is 11.8 Å². The van der Waals surface area contributed by atoms with E-state index in [0.717, 1.165) is 11.1 Å². The summed E-state index contributed by atoms with van der Waals surface area (Å²) in [6.07, 6.45) is 1.62. The Morgan fingerprint density at radius 1 is 1.14 bits per heavy atom. The van der Waals surface area contributed by atoms with Gasteiger partial charge in [-0.25, -0.2) is 9.79 Å². The van der Waals surface area contributed by atoms with Gasteiger partial charge in [0.15, 0.2) is 17.2 Å². The predicted molar refractivity (Wildman–Crippen MR) is 138 cm³/mol. The van der Waals surface area contributed by atoms with E-state index in [1.165, 1.54) is 6.92 Å². The van der Waals surface area contributed by atoms with Crippen LogP contribution in [-0.2, 0) is 20.9 Å². The quantitative estimate of drug-likeness (QED) is 0.312. The highest BCUT2D eigenvalue weighted by atomic mass is 79.9. The van der Waals surface area contributed by atoms with Crippen molar-refractivity contribution in [3.63, 3.8) is 0 Å². The molecular weight excluding hydrogens is 512 g/mol. The molecule has 0 spiro atoms. The third-order valence-corrected chi connectivity index (χ3v) is 5.85. The van der Waals surface area contributed by atoms with E-state index in [-0.39, 0.29) is 17.5 Å². The van der Waals surface area contributed by atoms with Gasteiger partial charge in [0.1, 0.15) is 6.61 Å². The number of carbonyl (C=O) groups excluding carboxylic acids is 2. The molecule has 0 radical (unpaired) electrons. The molecule has 35 heavy (non-hydrogen) atoms. The van der Waals surface area contributed by atoms with E-state index in [0.29, 0.717) is 39.4 Å². The van der Waals surface area contributed by atoms with Crippen LogP contribution in [0.5, 0.6) is 11.5 Å². The van der Waals surface area contributed by atoms with Crippen molar-refractivity contribution in [1.29, 1.82) is 0 Å². The molecule has 1 aliphatic rings. The molecular formula is C27H23BrN2O5. The number of nitrogens with zero attached hydrogens (tertiary/aromatic N) is 1. The predicted octanol–water partition coefficient (Wildman–Crippen LogP) is 5.65. The fourth-order valence-electron chi connectivity index (χ4n) is 3.48. The summed E-state index contributed by atoms with van der Waals surface area (Å²) in [5.74, 6) is 0.556. The number of rotatable bonds is 7. The molecule has 0 aliphatic carbocycles. The van der Waals surface area contributed by atoms with Crippen LogP contribution in [-0.4, -0.2) is 24.9 Å². The van der Waals surface area contributed by atoms with E-state index in [2.05, 4.69) is 26.2 Å². The average molecular weight is 535 g/mol. The number of nitrogens with one attached hydrogen (secondary N) is 1. The fraction of sp³-hybridized carbons (Fsp3) is 0.148. The summed E-state index contributed by atoms with van der Waals surface area (Å²) in [6, 6.07) is 18.5. The standard InChI is InChI=1S/C27H23BrN2O5/c1-16-6-4-5-7-20(16)15-34-25-22(28)12-18(14-24(25)33-3)13-23-27(32)35-26(30-23)19-8-10-21(11-9-19)29-17(2)31/h4-14H,15H2,1-3H3,(H,29,31)/b23-13-. The Morgan fingerprint density at radius 3 is 2.57 bits per heavy atom. The lowest BCUT2D eigenvalue weighted by Gasteiger charge is -2.14. The number of amides is 1. The minimum atomic E-state index is -0.555. The maximum Gasteiger partial charge on any atom is 0.363 e. The van der Waals surface area contributed by atoms with Crippen molar-refractivity contribution < 1.29 is 23.8 Å². The minimum Gasteiger partial charge on any atom is -0.493 e. The zero-order chi connectivity index (χ0) is 24.9. The molecule has 1 amide bonds. The van der Waals surface area contributed by atoms with Gasteiger partial charge >= 0.3 is 5.97 Å². The second-order valence-corrected chi connectivity index (χ2v) is 8.70. The molecule has 1 N–H and O–H groups in total. The van der Waals surface area contributed by atoms with E-state index in [9.17, 15) is 9.59 Å². The van der Waals surface area contributed by atoms with Gasteiger partial charge in [-0.2, -0.15) is 0 Å². The smallest absolute Gasteiger partial charge is 0.363 e. The molecule has 0 fully saturated rings. The van der Waals surface area contributed by atoms with Gasteiger partial charge in [0.25, 0.3) is 0 Å². The first-order chi connectivity index (χ1) is 16.8. The van der Waals surface area contributed by atoms with Crippen molar-refractivity contribution in [2.75, 3.05) is 12.4 Å². The van der Waals surface area contributed by atoms with Crippen LogP contribution in [0.2, 0.25) is 0 Å². The fourth-order valence-corrected chi connectivity index (χ4v) is 4.05. The topological polar surface area (TPSA) is 86.2 Å². The number of halogens is 1. The van der Waals surface area contributed by atoms with Crippen LogP contribution in [0.25, 0.3) is 6.08 Å². The van der Waals surface area contributed by atoms with Crippen LogP contribution in [0.1, 0.15) is 29.2 Å². The number of methoxy groups -OCH3 is 1. The van der Waals surface area contributed by atoms with Gasteiger partial charge < -0.3 is 19.5 Å². The number of hydrogen-bond acceptors (Lipinski definition) is 6. The van der Waals surface area contributed by atoms with Gasteiger partial charge in [0, 0.05) is 18.2 Å². The normalized spacial score (nSPS) is 13.9. The summed E-state index contributed by atoms with van der Waals surface area (Å²) in [5, 5.41) is 2.69. The Hall–Kier alpha value is -3.91. The van der Waals surface area contributed by atoms with E-state index < -0.39 is 5.97 Å². The zero-order valence-corrected chi connectivity index (χ0v) is 21.0. The lowest BCUT2D eigenvalue weighted by atomic mass is 10.1. The molecule has 3 aromatic carbocycles. The second-order valence-electron chi connectivity index (χ2n) is 7.84. The molecule has 0 saturated carbocycles. The number of aliphatic imine (C=N–C) groups is 1. The average Bonchev–Trinajstić information content (AvgIpc) is 3.19. The summed E-state index contributed by atoms with van der Waals surface area (Å²) in [7, 11) is 1.56. The molecule has 0 aromatic heterocycles. The van der Waals surface area contributed by atoms with Crippen molar-refractivity contribution in [2.45, 2.75) is 20.5 Å². The SMILES string of the molecule is COc1cc(/C=C2\N=C(c3ccc(NC(C)=O)cc3)OC2=O)cc(Br)c1OCc1ccccc1C. The van der Waals surface area contributed by atoms with Crippen molar-refractivity contribution in [3.05, 3.63) is 93.1 Å². The zero-order valence-electron chi connectivity index (χ0n) is 19.4. The molecule has 0 unspecified atom stereocenters. The third kappa shape index (κ3) is 5.78. The van der Waals surface area contributed by atoms with Crippen LogP contribution >= 0.6 is 15.9 Å². The number of anilines is 1. The van der Waals surface area contributed by atoms with Crippen LogP contribution < -0.4 is 14.8 Å². The van der Waals surface area contributed by atoms with Crippen LogP contribution in [0, 0.1) is 6.92 Å². The molecule has 1 aliphatic heterocycles. The van der Waals surface area contributed by atoms with Crippen molar-refractivity contribution >= 4 is 45.5 Å². The molecule has 1 heterocycles. The molecule has 8 heteroatoms. The summed E-state index contributed by atoms with van der Waals surface area (Å²) in [5.41, 5.74) is 4.33. The summed E-state index contributed by atoms with van der Waals surface area (Å²) < 4.78 is 17.6. The van der Waals surface area contributed by atoms with E-state index in [1.54, 1.807) is 43.5 Å². The largest absolute Gasteiger partial charge is 0.493 e. The van der Waals surface area contributed by atoms with E-state index in [1.807, 2.05) is 37.3 Å². The first-order valence-electron chi connectivity index (χ1n) is 10.8. The Labute approximate surface area is 211 Å². The molecule has 7 nitrogen and oxygen atoms in total. The minimum absolute atomic E-state index is 0.161. The van der Waals surface area contributed by atoms with E-state index in [4.69, 9.17) is 14.2 Å². The maximum absolute atomic E-state index is 12.4. The van der Waals surface area contributed by atoms with Crippen LogP contribution in [0.3, 0.4) is 0 Å². The first kappa shape index (κ1) is 24.2. The monoisotopic (exact) mass is 534 g/mol. The van der Waals surface area contributed by atoms with E-state index >= 15 is 0 Å². The highest BCUT2D eigenvalue weighted by Gasteiger charge is 2.24. The first-order valence-corrected chi connectivity index (χ1v) is 11.6. The Morgan fingerprint density at radius 2 is 1.89 bits per heavy atom. The van der Waals surface area contributed by atoms with Gasteiger partial charge in [-0.1, -0.05) is 24.3 Å². The van der Waals surface area contributed by atoms with Crippen LogP contribution in [0.4, 0.5) is 5.69 Å². The number of ether oxygens (including phenoxy) is 3. The molecule has 0 bridgehead atoms. The molecule has 3 aromatic rings. The Kier molecular flexibility index (Phi) is 7.31. The highest BCUT2D eigenvalue weighted by molar-refractivity contribution is 9.10. The number of esters is 1. The van der Waals surface area contributed by atoms with Crippen molar-refractivity contribution in [3.8, 4) is 11.5 Å². The van der Waals surface area contributed by atoms with Crippen molar-refractivity contribution in [2.24, 2.45) is 4.99 Å².